The molecule has 0 aliphatic rings. The van der Waals surface area contributed by atoms with Gasteiger partial charge in [0.15, 0.2) is 0 Å². The number of benzene rings is 4. The summed E-state index contributed by atoms with van der Waals surface area (Å²) in [7, 11) is 0. The molecule has 0 atom stereocenters. The largest absolute Gasteiger partial charge is 0.275 e. The molecule has 152 valence electrons. The van der Waals surface area contributed by atoms with Crippen LogP contribution in [-0.2, 0) is 0 Å². The number of aryl methyl sites for hydroxylation is 1. The molecule has 4 aromatic carbocycles. The summed E-state index contributed by atoms with van der Waals surface area (Å²) in [6, 6.07) is 37.7. The molecule has 0 bridgehead atoms. The van der Waals surface area contributed by atoms with Crippen LogP contribution in [0, 0.1) is 6.92 Å². The maximum atomic E-state index is 5.21. The number of fused-ring (bicyclic) bond motifs is 3. The Labute approximate surface area is 186 Å². The van der Waals surface area contributed by atoms with E-state index in [0.29, 0.717) is 0 Å². The van der Waals surface area contributed by atoms with Crippen LogP contribution in [0.1, 0.15) is 5.56 Å². The van der Waals surface area contributed by atoms with Crippen molar-refractivity contribution in [3.05, 3.63) is 115 Å². The Hall–Kier alpha value is -4.24. The smallest absolute Gasteiger partial charge is 0.149 e. The van der Waals surface area contributed by atoms with Gasteiger partial charge in [-0.1, -0.05) is 103 Å². The molecular formula is C29H21N3. The molecule has 0 saturated heterocycles. The average Bonchev–Trinajstić information content (AvgIpc) is 3.26. The topological polar surface area (TPSA) is 30.2 Å². The van der Waals surface area contributed by atoms with Gasteiger partial charge in [0.1, 0.15) is 11.5 Å². The third-order valence-corrected chi connectivity index (χ3v) is 5.86. The van der Waals surface area contributed by atoms with E-state index < -0.39 is 0 Å². The average molecular weight is 412 g/mol. The second kappa shape index (κ2) is 7.47. The zero-order valence-corrected chi connectivity index (χ0v) is 17.7. The van der Waals surface area contributed by atoms with Gasteiger partial charge in [0.05, 0.1) is 16.9 Å². The summed E-state index contributed by atoms with van der Waals surface area (Å²) in [5.74, 6) is 0.896. The van der Waals surface area contributed by atoms with Crippen LogP contribution in [0.4, 0.5) is 0 Å². The lowest BCUT2D eigenvalue weighted by Gasteiger charge is -2.12. The lowest BCUT2D eigenvalue weighted by molar-refractivity contribution is 1.13. The van der Waals surface area contributed by atoms with E-state index in [1.165, 1.54) is 5.56 Å². The van der Waals surface area contributed by atoms with E-state index in [0.717, 1.165) is 50.5 Å². The summed E-state index contributed by atoms with van der Waals surface area (Å²) in [5, 5.41) is 1.04. The number of imidazole rings is 1. The van der Waals surface area contributed by atoms with Crippen LogP contribution in [0.2, 0.25) is 0 Å². The van der Waals surface area contributed by atoms with Gasteiger partial charge in [0, 0.05) is 22.1 Å². The molecule has 0 radical (unpaired) electrons. The van der Waals surface area contributed by atoms with Crippen molar-refractivity contribution < 1.29 is 0 Å². The van der Waals surface area contributed by atoms with Gasteiger partial charge in [0.2, 0.25) is 0 Å². The first kappa shape index (κ1) is 18.5. The summed E-state index contributed by atoms with van der Waals surface area (Å²) in [5.41, 5.74) is 8.39. The summed E-state index contributed by atoms with van der Waals surface area (Å²) < 4.78 is 2.23. The minimum atomic E-state index is 0.896. The second-order valence-corrected chi connectivity index (χ2v) is 8.02. The molecule has 0 fully saturated rings. The SMILES string of the molecule is Cc1ccc(-c2nc3ccccc3c3nc(-c4ccccc4)c(-c4ccccc4)n23)cc1. The van der Waals surface area contributed by atoms with Gasteiger partial charge in [-0.15, -0.1) is 0 Å². The quantitative estimate of drug-likeness (QED) is 0.308. The highest BCUT2D eigenvalue weighted by Gasteiger charge is 2.21. The monoisotopic (exact) mass is 411 g/mol. The molecule has 2 aromatic heterocycles. The molecule has 0 aliphatic carbocycles. The summed E-state index contributed by atoms with van der Waals surface area (Å²) >= 11 is 0. The van der Waals surface area contributed by atoms with E-state index in [2.05, 4.69) is 102 Å². The van der Waals surface area contributed by atoms with E-state index in [9.17, 15) is 0 Å². The van der Waals surface area contributed by atoms with E-state index in [-0.39, 0.29) is 0 Å². The first-order valence-electron chi connectivity index (χ1n) is 10.8. The van der Waals surface area contributed by atoms with Crippen molar-refractivity contribution in [3.8, 4) is 33.9 Å². The molecule has 32 heavy (non-hydrogen) atoms. The first-order chi connectivity index (χ1) is 15.8. The van der Waals surface area contributed by atoms with Crippen molar-refractivity contribution in [2.24, 2.45) is 0 Å². The Kier molecular flexibility index (Phi) is 4.32. The van der Waals surface area contributed by atoms with E-state index in [1.54, 1.807) is 0 Å². The maximum absolute atomic E-state index is 5.21. The van der Waals surface area contributed by atoms with E-state index in [4.69, 9.17) is 9.97 Å². The van der Waals surface area contributed by atoms with Gasteiger partial charge in [-0.05, 0) is 19.1 Å². The number of para-hydroxylation sites is 1. The van der Waals surface area contributed by atoms with E-state index >= 15 is 0 Å². The van der Waals surface area contributed by atoms with Crippen molar-refractivity contribution in [1.82, 2.24) is 14.4 Å². The minimum absolute atomic E-state index is 0.896. The predicted octanol–water partition coefficient (Wildman–Crippen LogP) is 7.19. The number of nitrogens with zero attached hydrogens (tertiary/aromatic N) is 3. The number of aromatic nitrogens is 3. The molecule has 3 nitrogen and oxygen atoms in total. The van der Waals surface area contributed by atoms with Crippen molar-refractivity contribution in [2.75, 3.05) is 0 Å². The molecule has 0 aliphatic heterocycles. The third kappa shape index (κ3) is 2.98. The standard InChI is InChI=1S/C29H21N3/c1-20-16-18-23(19-17-20)28-30-25-15-9-8-14-24(25)29-31-26(21-10-4-2-5-11-21)27(32(28)29)22-12-6-3-7-13-22/h2-19H,1H3. The Morgan fingerprint density at radius 2 is 1.19 bits per heavy atom. The Morgan fingerprint density at radius 3 is 1.91 bits per heavy atom. The van der Waals surface area contributed by atoms with Gasteiger partial charge >= 0.3 is 0 Å². The van der Waals surface area contributed by atoms with Gasteiger partial charge < -0.3 is 0 Å². The predicted molar refractivity (Wildman–Crippen MR) is 132 cm³/mol. The van der Waals surface area contributed by atoms with Gasteiger partial charge in [-0.25, -0.2) is 9.97 Å². The molecule has 6 rings (SSSR count). The van der Waals surface area contributed by atoms with Crippen molar-refractivity contribution in [1.29, 1.82) is 0 Å². The lowest BCUT2D eigenvalue weighted by Crippen LogP contribution is -2.00. The molecular weight excluding hydrogens is 390 g/mol. The fraction of sp³-hybridized carbons (Fsp3) is 0.0345. The zero-order chi connectivity index (χ0) is 21.5. The normalized spacial score (nSPS) is 11.3. The molecule has 0 amide bonds. The lowest BCUT2D eigenvalue weighted by atomic mass is 10.0. The van der Waals surface area contributed by atoms with Crippen LogP contribution in [0.15, 0.2) is 109 Å². The van der Waals surface area contributed by atoms with Crippen molar-refractivity contribution in [2.45, 2.75) is 6.92 Å². The third-order valence-electron chi connectivity index (χ3n) is 5.86. The molecule has 0 unspecified atom stereocenters. The Balaban J connectivity index is 1.81. The van der Waals surface area contributed by atoms with Crippen LogP contribution in [0.5, 0.6) is 0 Å². The Bertz CT molecular complexity index is 1550. The first-order valence-corrected chi connectivity index (χ1v) is 10.8. The van der Waals surface area contributed by atoms with Crippen LogP contribution in [-0.4, -0.2) is 14.4 Å². The molecule has 0 N–H and O–H groups in total. The zero-order valence-electron chi connectivity index (χ0n) is 17.7. The molecule has 0 spiro atoms. The van der Waals surface area contributed by atoms with Crippen molar-refractivity contribution >= 4 is 16.6 Å². The number of hydrogen-bond acceptors (Lipinski definition) is 2. The number of hydrogen-bond donors (Lipinski definition) is 0. The molecule has 2 heterocycles. The van der Waals surface area contributed by atoms with Crippen LogP contribution >= 0.6 is 0 Å². The van der Waals surface area contributed by atoms with Gasteiger partial charge in [0.25, 0.3) is 0 Å². The second-order valence-electron chi connectivity index (χ2n) is 8.02. The van der Waals surface area contributed by atoms with Gasteiger partial charge in [-0.3, -0.25) is 4.40 Å². The molecule has 3 heteroatoms. The summed E-state index contributed by atoms with van der Waals surface area (Å²) in [4.78, 5) is 10.3. The summed E-state index contributed by atoms with van der Waals surface area (Å²) in [6.07, 6.45) is 0. The Morgan fingerprint density at radius 1 is 0.562 bits per heavy atom. The van der Waals surface area contributed by atoms with Crippen LogP contribution in [0.3, 0.4) is 0 Å². The highest BCUT2D eigenvalue weighted by Crippen LogP contribution is 2.37. The fourth-order valence-corrected chi connectivity index (χ4v) is 4.29. The maximum Gasteiger partial charge on any atom is 0.149 e. The van der Waals surface area contributed by atoms with E-state index in [1.807, 2.05) is 18.2 Å². The fourth-order valence-electron chi connectivity index (χ4n) is 4.29. The van der Waals surface area contributed by atoms with Crippen molar-refractivity contribution in [3.63, 3.8) is 0 Å². The minimum Gasteiger partial charge on any atom is -0.275 e. The van der Waals surface area contributed by atoms with Gasteiger partial charge in [-0.2, -0.15) is 0 Å². The van der Waals surface area contributed by atoms with Crippen LogP contribution in [0.25, 0.3) is 50.5 Å². The number of rotatable bonds is 3. The highest BCUT2D eigenvalue weighted by atomic mass is 15.1. The highest BCUT2D eigenvalue weighted by molar-refractivity contribution is 5.97. The molecule has 0 saturated carbocycles. The summed E-state index contributed by atoms with van der Waals surface area (Å²) in [6.45, 7) is 2.10. The molecule has 6 aromatic rings. The van der Waals surface area contributed by atoms with Crippen LogP contribution < -0.4 is 0 Å².